The van der Waals surface area contributed by atoms with Crippen LogP contribution in [0.25, 0.3) is 0 Å². The molecule has 0 fully saturated rings. The molecular formula is C14H20N4. The van der Waals surface area contributed by atoms with Crippen molar-refractivity contribution < 1.29 is 0 Å². The molecule has 0 amide bonds. The van der Waals surface area contributed by atoms with E-state index in [4.69, 9.17) is 5.84 Å². The van der Waals surface area contributed by atoms with E-state index in [1.165, 1.54) is 5.56 Å². The molecule has 0 radical (unpaired) electrons. The number of aromatic nitrogens is 2. The van der Waals surface area contributed by atoms with E-state index in [2.05, 4.69) is 34.8 Å². The zero-order valence-corrected chi connectivity index (χ0v) is 10.7. The molecule has 0 aliphatic rings. The molecule has 1 atom stereocenters. The second-order valence-electron chi connectivity index (χ2n) is 4.57. The van der Waals surface area contributed by atoms with Gasteiger partial charge in [0.15, 0.2) is 0 Å². The van der Waals surface area contributed by atoms with Crippen molar-refractivity contribution in [3.05, 3.63) is 53.9 Å². The van der Waals surface area contributed by atoms with E-state index in [0.29, 0.717) is 0 Å². The lowest BCUT2D eigenvalue weighted by Gasteiger charge is -2.14. The van der Waals surface area contributed by atoms with Gasteiger partial charge < -0.3 is 0 Å². The Kier molecular flexibility index (Phi) is 4.50. The molecule has 1 aromatic carbocycles. The lowest BCUT2D eigenvalue weighted by atomic mass is 10.0. The zero-order chi connectivity index (χ0) is 12.8. The number of nitrogens with zero attached hydrogens (tertiary/aromatic N) is 2. The predicted octanol–water partition coefficient (Wildman–Crippen LogP) is 1.43. The lowest BCUT2D eigenvalue weighted by Crippen LogP contribution is -2.37. The van der Waals surface area contributed by atoms with Crippen LogP contribution in [0.3, 0.4) is 0 Å². The van der Waals surface area contributed by atoms with Crippen LogP contribution in [0.4, 0.5) is 0 Å². The van der Waals surface area contributed by atoms with Gasteiger partial charge in [0, 0.05) is 25.7 Å². The second-order valence-corrected chi connectivity index (χ2v) is 4.57. The third-order valence-electron chi connectivity index (χ3n) is 3.08. The van der Waals surface area contributed by atoms with Crippen LogP contribution >= 0.6 is 0 Å². The summed E-state index contributed by atoms with van der Waals surface area (Å²) in [6.07, 6.45) is 4.86. The Hall–Kier alpha value is -1.65. The van der Waals surface area contributed by atoms with Crippen LogP contribution in [0.1, 0.15) is 17.7 Å². The monoisotopic (exact) mass is 244 g/mol. The molecule has 0 saturated heterocycles. The first-order valence-electron chi connectivity index (χ1n) is 6.26. The van der Waals surface area contributed by atoms with Gasteiger partial charge in [0.2, 0.25) is 0 Å². The van der Waals surface area contributed by atoms with Crippen molar-refractivity contribution in [3.8, 4) is 0 Å². The average molecular weight is 244 g/mol. The number of hydrogen-bond acceptors (Lipinski definition) is 3. The summed E-state index contributed by atoms with van der Waals surface area (Å²) in [5.74, 6) is 5.61. The highest BCUT2D eigenvalue weighted by molar-refractivity contribution is 5.15. The lowest BCUT2D eigenvalue weighted by molar-refractivity contribution is 0.485. The van der Waals surface area contributed by atoms with Gasteiger partial charge in [-0.05, 0) is 24.5 Å². The topological polar surface area (TPSA) is 55.9 Å². The maximum Gasteiger partial charge on any atom is 0.0640 e. The van der Waals surface area contributed by atoms with Crippen LogP contribution in [0.2, 0.25) is 0 Å². The highest BCUT2D eigenvalue weighted by Gasteiger charge is 2.09. The third kappa shape index (κ3) is 3.68. The normalized spacial score (nSPS) is 12.6. The van der Waals surface area contributed by atoms with Crippen LogP contribution in [0.5, 0.6) is 0 Å². The molecule has 1 heterocycles. The fraction of sp³-hybridized carbons (Fsp3) is 0.357. The minimum absolute atomic E-state index is 0.264. The fourth-order valence-corrected chi connectivity index (χ4v) is 2.05. The van der Waals surface area contributed by atoms with E-state index in [1.54, 1.807) is 0 Å². The van der Waals surface area contributed by atoms with Gasteiger partial charge in [-0.1, -0.05) is 30.3 Å². The molecule has 2 aromatic rings. The SMILES string of the molecule is Cn1ccc(CC(CCc2ccccc2)NN)n1. The van der Waals surface area contributed by atoms with E-state index < -0.39 is 0 Å². The van der Waals surface area contributed by atoms with Crippen molar-refractivity contribution in [1.29, 1.82) is 0 Å². The molecule has 0 bridgehead atoms. The van der Waals surface area contributed by atoms with Gasteiger partial charge in [-0.2, -0.15) is 5.10 Å². The van der Waals surface area contributed by atoms with Crippen molar-refractivity contribution in [2.24, 2.45) is 12.9 Å². The van der Waals surface area contributed by atoms with Gasteiger partial charge in [-0.25, -0.2) is 0 Å². The standard InChI is InChI=1S/C14H20N4/c1-18-10-9-14(17-18)11-13(16-15)8-7-12-5-3-2-4-6-12/h2-6,9-10,13,16H,7-8,11,15H2,1H3. The molecule has 0 aliphatic carbocycles. The first kappa shape index (κ1) is 12.8. The maximum absolute atomic E-state index is 5.61. The van der Waals surface area contributed by atoms with Crippen LogP contribution in [0.15, 0.2) is 42.6 Å². The Labute approximate surface area is 108 Å². The number of benzene rings is 1. The van der Waals surface area contributed by atoms with Crippen LogP contribution in [0, 0.1) is 0 Å². The van der Waals surface area contributed by atoms with Crippen molar-refractivity contribution in [2.45, 2.75) is 25.3 Å². The number of nitrogens with two attached hydrogens (primary N) is 1. The highest BCUT2D eigenvalue weighted by atomic mass is 15.3. The van der Waals surface area contributed by atoms with Crippen molar-refractivity contribution in [1.82, 2.24) is 15.2 Å². The average Bonchev–Trinajstić information content (AvgIpc) is 2.81. The van der Waals surface area contributed by atoms with Crippen LogP contribution in [-0.4, -0.2) is 15.8 Å². The second kappa shape index (κ2) is 6.33. The van der Waals surface area contributed by atoms with Crippen molar-refractivity contribution in [3.63, 3.8) is 0 Å². The van der Waals surface area contributed by atoms with Gasteiger partial charge in [0.25, 0.3) is 0 Å². The maximum atomic E-state index is 5.61. The minimum Gasteiger partial charge on any atom is -0.276 e. The number of aryl methyl sites for hydroxylation is 2. The van der Waals surface area contributed by atoms with E-state index in [1.807, 2.05) is 30.1 Å². The summed E-state index contributed by atoms with van der Waals surface area (Å²) in [4.78, 5) is 0. The molecule has 1 aromatic heterocycles. The largest absolute Gasteiger partial charge is 0.276 e. The van der Waals surface area contributed by atoms with E-state index in [-0.39, 0.29) is 6.04 Å². The smallest absolute Gasteiger partial charge is 0.0640 e. The molecule has 0 saturated carbocycles. The molecule has 0 aliphatic heterocycles. The predicted molar refractivity (Wildman–Crippen MR) is 72.8 cm³/mol. The number of hydrazine groups is 1. The first-order valence-corrected chi connectivity index (χ1v) is 6.26. The van der Waals surface area contributed by atoms with E-state index in [9.17, 15) is 0 Å². The summed E-state index contributed by atoms with van der Waals surface area (Å²) in [6.45, 7) is 0. The van der Waals surface area contributed by atoms with Gasteiger partial charge in [-0.3, -0.25) is 16.0 Å². The van der Waals surface area contributed by atoms with Gasteiger partial charge >= 0.3 is 0 Å². The molecule has 3 N–H and O–H groups in total. The summed E-state index contributed by atoms with van der Waals surface area (Å²) in [7, 11) is 1.93. The Morgan fingerprint density at radius 2 is 2.06 bits per heavy atom. The van der Waals surface area contributed by atoms with Gasteiger partial charge in [0.05, 0.1) is 5.69 Å². The first-order chi connectivity index (χ1) is 8.78. The Balaban J connectivity index is 1.86. The summed E-state index contributed by atoms with van der Waals surface area (Å²) < 4.78 is 1.82. The van der Waals surface area contributed by atoms with Crippen molar-refractivity contribution >= 4 is 0 Å². The van der Waals surface area contributed by atoms with E-state index >= 15 is 0 Å². The summed E-state index contributed by atoms with van der Waals surface area (Å²) in [5.41, 5.74) is 5.30. The Bertz CT molecular complexity index is 464. The number of rotatable bonds is 6. The molecule has 1 unspecified atom stereocenters. The summed E-state index contributed by atoms with van der Waals surface area (Å²) in [5, 5.41) is 4.37. The summed E-state index contributed by atoms with van der Waals surface area (Å²) >= 11 is 0. The molecule has 4 heteroatoms. The Morgan fingerprint density at radius 1 is 1.28 bits per heavy atom. The number of hydrogen-bond donors (Lipinski definition) is 2. The van der Waals surface area contributed by atoms with Gasteiger partial charge in [-0.15, -0.1) is 0 Å². The minimum atomic E-state index is 0.264. The molecule has 18 heavy (non-hydrogen) atoms. The highest BCUT2D eigenvalue weighted by Crippen LogP contribution is 2.08. The molecule has 96 valence electrons. The molecular weight excluding hydrogens is 224 g/mol. The van der Waals surface area contributed by atoms with E-state index in [0.717, 1.165) is 25.0 Å². The third-order valence-corrected chi connectivity index (χ3v) is 3.08. The number of nitrogens with one attached hydrogen (secondary N) is 1. The van der Waals surface area contributed by atoms with Crippen LogP contribution < -0.4 is 11.3 Å². The molecule has 4 nitrogen and oxygen atoms in total. The molecule has 0 spiro atoms. The van der Waals surface area contributed by atoms with Crippen molar-refractivity contribution in [2.75, 3.05) is 0 Å². The summed E-state index contributed by atoms with van der Waals surface area (Å²) in [6, 6.07) is 12.8. The molecule has 2 rings (SSSR count). The zero-order valence-electron chi connectivity index (χ0n) is 10.7. The van der Waals surface area contributed by atoms with Crippen LogP contribution in [-0.2, 0) is 19.9 Å². The van der Waals surface area contributed by atoms with Gasteiger partial charge in [0.1, 0.15) is 0 Å². The quantitative estimate of drug-likeness (QED) is 0.597. The fourth-order valence-electron chi connectivity index (χ4n) is 2.05. The Morgan fingerprint density at radius 3 is 2.67 bits per heavy atom.